The minimum absolute atomic E-state index is 0.00371. The first kappa shape index (κ1) is 15.6. The number of amides is 1. The SMILES string of the molecule is CN1CC(NCCc2cccc(Cl)c2)=Nc2ccccc2C1=O. The van der Waals surface area contributed by atoms with Gasteiger partial charge in [0, 0.05) is 18.6 Å². The zero-order valence-electron chi connectivity index (χ0n) is 12.9. The fourth-order valence-electron chi connectivity index (χ4n) is 2.57. The normalized spacial score (nSPS) is 14.1. The van der Waals surface area contributed by atoms with Crippen molar-refractivity contribution in [3.63, 3.8) is 0 Å². The average molecular weight is 328 g/mol. The fourth-order valence-corrected chi connectivity index (χ4v) is 2.79. The van der Waals surface area contributed by atoms with Crippen LogP contribution in [0.1, 0.15) is 15.9 Å². The number of hydrogen-bond donors (Lipinski definition) is 1. The zero-order chi connectivity index (χ0) is 16.2. The minimum Gasteiger partial charge on any atom is -0.372 e. The number of fused-ring (bicyclic) bond motifs is 1. The third-order valence-corrected chi connectivity index (χ3v) is 3.99. The number of para-hydroxylation sites is 1. The van der Waals surface area contributed by atoms with E-state index in [1.54, 1.807) is 11.9 Å². The van der Waals surface area contributed by atoms with Crippen LogP contribution in [0.2, 0.25) is 5.02 Å². The monoisotopic (exact) mass is 327 g/mol. The molecule has 1 amide bonds. The highest BCUT2D eigenvalue weighted by molar-refractivity contribution is 6.30. The molecule has 0 aliphatic carbocycles. The summed E-state index contributed by atoms with van der Waals surface area (Å²) in [5.41, 5.74) is 2.53. The molecule has 4 nitrogen and oxygen atoms in total. The molecule has 0 radical (unpaired) electrons. The summed E-state index contributed by atoms with van der Waals surface area (Å²) in [7, 11) is 1.79. The summed E-state index contributed by atoms with van der Waals surface area (Å²) >= 11 is 6.00. The van der Waals surface area contributed by atoms with Crippen molar-refractivity contribution in [3.05, 3.63) is 64.7 Å². The molecule has 0 aromatic heterocycles. The third kappa shape index (κ3) is 3.71. The van der Waals surface area contributed by atoms with E-state index >= 15 is 0 Å². The molecule has 0 spiro atoms. The number of carbonyl (C=O) groups is 1. The van der Waals surface area contributed by atoms with Crippen LogP contribution in [0, 0.1) is 0 Å². The number of carbonyl (C=O) groups excluding carboxylic acids is 1. The van der Waals surface area contributed by atoms with Crippen LogP contribution in [-0.4, -0.2) is 36.8 Å². The number of likely N-dealkylation sites (N-methyl/N-ethyl adjacent to an activating group) is 1. The predicted octanol–water partition coefficient (Wildman–Crippen LogP) is 3.29. The van der Waals surface area contributed by atoms with Gasteiger partial charge in [0.15, 0.2) is 0 Å². The van der Waals surface area contributed by atoms with E-state index in [9.17, 15) is 4.79 Å². The predicted molar refractivity (Wildman–Crippen MR) is 93.7 cm³/mol. The van der Waals surface area contributed by atoms with Crippen LogP contribution in [0.15, 0.2) is 53.5 Å². The van der Waals surface area contributed by atoms with Crippen LogP contribution < -0.4 is 5.32 Å². The molecule has 1 heterocycles. The Kier molecular flexibility index (Phi) is 4.63. The Bertz CT molecular complexity index is 757. The highest BCUT2D eigenvalue weighted by Gasteiger charge is 2.20. The highest BCUT2D eigenvalue weighted by atomic mass is 35.5. The average Bonchev–Trinajstić information content (AvgIpc) is 2.65. The highest BCUT2D eigenvalue weighted by Crippen LogP contribution is 2.22. The topological polar surface area (TPSA) is 44.7 Å². The molecule has 2 aromatic rings. The molecule has 0 saturated heterocycles. The van der Waals surface area contributed by atoms with Crippen molar-refractivity contribution in [3.8, 4) is 0 Å². The molecule has 0 atom stereocenters. The first-order valence-electron chi connectivity index (χ1n) is 7.54. The van der Waals surface area contributed by atoms with E-state index in [2.05, 4.69) is 10.3 Å². The van der Waals surface area contributed by atoms with Gasteiger partial charge >= 0.3 is 0 Å². The molecule has 0 fully saturated rings. The lowest BCUT2D eigenvalue weighted by Gasteiger charge is -2.16. The Morgan fingerprint density at radius 3 is 2.87 bits per heavy atom. The van der Waals surface area contributed by atoms with E-state index in [4.69, 9.17) is 11.6 Å². The van der Waals surface area contributed by atoms with E-state index in [1.165, 1.54) is 5.56 Å². The second-order valence-corrected chi connectivity index (χ2v) is 5.98. The molecule has 1 aliphatic rings. The summed E-state index contributed by atoms with van der Waals surface area (Å²) < 4.78 is 0. The Balaban J connectivity index is 1.70. The van der Waals surface area contributed by atoms with Gasteiger partial charge in [0.25, 0.3) is 5.91 Å². The smallest absolute Gasteiger partial charge is 0.256 e. The Hall–Kier alpha value is -2.33. The molecule has 23 heavy (non-hydrogen) atoms. The Morgan fingerprint density at radius 2 is 2.04 bits per heavy atom. The number of aliphatic imine (C=N–C) groups is 1. The summed E-state index contributed by atoms with van der Waals surface area (Å²) in [5, 5.41) is 4.08. The van der Waals surface area contributed by atoms with Crippen LogP contribution in [0.3, 0.4) is 0 Å². The van der Waals surface area contributed by atoms with Gasteiger partial charge in [-0.15, -0.1) is 0 Å². The molecule has 0 unspecified atom stereocenters. The maximum absolute atomic E-state index is 12.3. The first-order chi connectivity index (χ1) is 11.1. The summed E-state index contributed by atoms with van der Waals surface area (Å²) in [6.07, 6.45) is 0.846. The van der Waals surface area contributed by atoms with Crippen molar-refractivity contribution in [1.82, 2.24) is 10.2 Å². The van der Waals surface area contributed by atoms with Gasteiger partial charge in [0.05, 0.1) is 17.8 Å². The van der Waals surface area contributed by atoms with E-state index in [1.807, 2.05) is 48.5 Å². The van der Waals surface area contributed by atoms with Crippen molar-refractivity contribution < 1.29 is 4.79 Å². The largest absolute Gasteiger partial charge is 0.372 e. The maximum atomic E-state index is 12.3. The Labute approximate surface area is 140 Å². The fraction of sp³-hybridized carbons (Fsp3) is 0.222. The molecular formula is C18H18ClN3O. The van der Waals surface area contributed by atoms with Crippen LogP contribution >= 0.6 is 11.6 Å². The number of hydrogen-bond acceptors (Lipinski definition) is 3. The molecule has 1 aliphatic heterocycles. The van der Waals surface area contributed by atoms with E-state index < -0.39 is 0 Å². The van der Waals surface area contributed by atoms with Gasteiger partial charge in [-0.2, -0.15) is 0 Å². The van der Waals surface area contributed by atoms with Gasteiger partial charge in [-0.3, -0.25) is 4.79 Å². The van der Waals surface area contributed by atoms with Gasteiger partial charge in [-0.25, -0.2) is 4.99 Å². The van der Waals surface area contributed by atoms with Gasteiger partial charge < -0.3 is 10.2 Å². The summed E-state index contributed by atoms with van der Waals surface area (Å²) in [5.74, 6) is 0.795. The van der Waals surface area contributed by atoms with Crippen molar-refractivity contribution in [1.29, 1.82) is 0 Å². The van der Waals surface area contributed by atoms with E-state index in [0.29, 0.717) is 17.8 Å². The standard InChI is InChI=1S/C18H18ClN3O/c1-22-12-17(20-10-9-13-5-4-6-14(19)11-13)21-16-8-3-2-7-15(16)18(22)23/h2-8,11H,9-10,12H2,1H3,(H,20,21). The van der Waals surface area contributed by atoms with Gasteiger partial charge in [-0.1, -0.05) is 35.9 Å². The maximum Gasteiger partial charge on any atom is 0.256 e. The lowest BCUT2D eigenvalue weighted by molar-refractivity contribution is 0.0816. The molecule has 1 N–H and O–H groups in total. The quantitative estimate of drug-likeness (QED) is 0.940. The van der Waals surface area contributed by atoms with Crippen molar-refractivity contribution in [2.75, 3.05) is 20.1 Å². The molecule has 3 rings (SSSR count). The number of rotatable bonds is 3. The molecule has 0 saturated carbocycles. The minimum atomic E-state index is -0.00371. The number of halogens is 1. The second-order valence-electron chi connectivity index (χ2n) is 5.54. The van der Waals surface area contributed by atoms with E-state index in [0.717, 1.165) is 23.8 Å². The van der Waals surface area contributed by atoms with Crippen LogP contribution in [-0.2, 0) is 6.42 Å². The van der Waals surface area contributed by atoms with Crippen molar-refractivity contribution >= 4 is 29.0 Å². The summed E-state index contributed by atoms with van der Waals surface area (Å²) in [6.45, 7) is 1.21. The van der Waals surface area contributed by atoms with E-state index in [-0.39, 0.29) is 5.91 Å². The first-order valence-corrected chi connectivity index (χ1v) is 7.91. The molecule has 2 aromatic carbocycles. The van der Waals surface area contributed by atoms with Crippen molar-refractivity contribution in [2.45, 2.75) is 6.42 Å². The second kappa shape index (κ2) is 6.84. The summed E-state index contributed by atoms with van der Waals surface area (Å²) in [6, 6.07) is 15.3. The molecule has 5 heteroatoms. The number of benzene rings is 2. The lowest BCUT2D eigenvalue weighted by Crippen LogP contribution is -2.37. The lowest BCUT2D eigenvalue weighted by atomic mass is 10.1. The molecule has 0 bridgehead atoms. The van der Waals surface area contributed by atoms with Crippen LogP contribution in [0.5, 0.6) is 0 Å². The van der Waals surface area contributed by atoms with Gasteiger partial charge in [0.2, 0.25) is 0 Å². The van der Waals surface area contributed by atoms with Crippen LogP contribution in [0.4, 0.5) is 5.69 Å². The van der Waals surface area contributed by atoms with Gasteiger partial charge in [-0.05, 0) is 36.2 Å². The van der Waals surface area contributed by atoms with Gasteiger partial charge in [0.1, 0.15) is 5.84 Å². The molecule has 118 valence electrons. The number of amidine groups is 1. The number of nitrogens with one attached hydrogen (secondary N) is 1. The molecular weight excluding hydrogens is 310 g/mol. The number of nitrogens with zero attached hydrogens (tertiary/aromatic N) is 2. The zero-order valence-corrected chi connectivity index (χ0v) is 13.7. The Morgan fingerprint density at radius 1 is 1.22 bits per heavy atom. The van der Waals surface area contributed by atoms with Crippen molar-refractivity contribution in [2.24, 2.45) is 4.99 Å². The third-order valence-electron chi connectivity index (χ3n) is 3.76. The van der Waals surface area contributed by atoms with Crippen LogP contribution in [0.25, 0.3) is 0 Å². The summed E-state index contributed by atoms with van der Waals surface area (Å²) in [4.78, 5) is 18.6.